The fourth-order valence-corrected chi connectivity index (χ4v) is 9.35. The predicted molar refractivity (Wildman–Crippen MR) is 125 cm³/mol. The highest BCUT2D eigenvalue weighted by Gasteiger charge is 2.65. The van der Waals surface area contributed by atoms with Gasteiger partial charge in [-0.05, 0) is 97.7 Å². The summed E-state index contributed by atoms with van der Waals surface area (Å²) in [5, 5.41) is 53.9. The Bertz CT molecular complexity index is 668. The smallest absolute Gasteiger partial charge is 0.0857 e. The molecule has 4 aliphatic rings. The third kappa shape index (κ3) is 3.79. The first-order valence-electron chi connectivity index (χ1n) is 13.3. The molecule has 186 valence electrons. The van der Waals surface area contributed by atoms with Crippen molar-refractivity contribution in [1.29, 1.82) is 0 Å². The van der Waals surface area contributed by atoms with Crippen molar-refractivity contribution in [2.24, 2.45) is 52.3 Å². The quantitative estimate of drug-likeness (QED) is 0.440. The Labute approximate surface area is 194 Å². The lowest BCUT2D eigenvalue weighted by Gasteiger charge is -2.63. The second kappa shape index (κ2) is 8.78. The van der Waals surface area contributed by atoms with Gasteiger partial charge in [0.2, 0.25) is 0 Å². The molecular weight excluding hydrogens is 404 g/mol. The first kappa shape index (κ1) is 24.9. The third-order valence-electron chi connectivity index (χ3n) is 11.1. The van der Waals surface area contributed by atoms with E-state index in [4.69, 9.17) is 0 Å². The van der Waals surface area contributed by atoms with E-state index < -0.39 is 18.3 Å². The summed E-state index contributed by atoms with van der Waals surface area (Å²) in [7, 11) is 0. The van der Waals surface area contributed by atoms with E-state index in [1.54, 1.807) is 0 Å². The first-order valence-corrected chi connectivity index (χ1v) is 13.3. The summed E-state index contributed by atoms with van der Waals surface area (Å²) in [6, 6.07) is 0. The molecule has 4 aliphatic carbocycles. The van der Waals surface area contributed by atoms with E-state index in [1.165, 1.54) is 0 Å². The van der Waals surface area contributed by atoms with Crippen LogP contribution in [0.4, 0.5) is 0 Å². The Morgan fingerprint density at radius 3 is 2.06 bits per heavy atom. The second-order valence-electron chi connectivity index (χ2n) is 13.0. The van der Waals surface area contributed by atoms with Gasteiger partial charge >= 0.3 is 0 Å². The molecule has 0 radical (unpaired) electrons. The van der Waals surface area contributed by atoms with Crippen molar-refractivity contribution in [3.63, 3.8) is 0 Å². The molecule has 4 fully saturated rings. The van der Waals surface area contributed by atoms with E-state index in [1.807, 2.05) is 0 Å². The van der Waals surface area contributed by atoms with Crippen LogP contribution in [-0.2, 0) is 0 Å². The Hall–Kier alpha value is -0.200. The molecule has 0 spiro atoms. The summed E-state index contributed by atoms with van der Waals surface area (Å²) in [5.74, 6) is 1.71. The highest BCUT2D eigenvalue weighted by atomic mass is 16.3. The van der Waals surface area contributed by atoms with Gasteiger partial charge < -0.3 is 25.5 Å². The fraction of sp³-hybridized carbons (Fsp3) is 1.00. The van der Waals surface area contributed by atoms with Gasteiger partial charge in [-0.2, -0.15) is 0 Å². The number of aliphatic hydroxyl groups is 5. The fourth-order valence-electron chi connectivity index (χ4n) is 9.35. The molecule has 5 heteroatoms. The number of hydrogen-bond donors (Lipinski definition) is 5. The SMILES string of the molecule is CC(C)C(O)CC[C@@H](C)[C@H]1CC(O)[C@H]2[C@@H]3CC(O)C4C(O)C(O)CC[C@]4(C)[C@H]3CC[C@]12C. The standard InChI is InChI=1S/C27H48O5/c1-14(2)19(28)7-6-15(3)18-13-22(31)23-16-12-21(30)24-25(32)20(29)9-11-26(24,4)17(16)8-10-27(18,23)5/h14-25,28-32H,6-13H2,1-5H3/t15-,16-,17+,18-,19?,20?,21?,22?,23-,24?,25?,26-,27-/m1/s1. The molecular formula is C27H48O5. The molecule has 6 unspecified atom stereocenters. The lowest BCUT2D eigenvalue weighted by atomic mass is 9.43. The zero-order valence-corrected chi connectivity index (χ0v) is 20.8. The molecule has 13 atom stereocenters. The van der Waals surface area contributed by atoms with E-state index in [0.717, 1.165) is 38.5 Å². The van der Waals surface area contributed by atoms with Gasteiger partial charge in [0.1, 0.15) is 0 Å². The lowest BCUT2D eigenvalue weighted by molar-refractivity contribution is -0.217. The average molecular weight is 453 g/mol. The van der Waals surface area contributed by atoms with Crippen molar-refractivity contribution in [2.75, 3.05) is 0 Å². The molecule has 32 heavy (non-hydrogen) atoms. The average Bonchev–Trinajstić information content (AvgIpc) is 2.99. The minimum absolute atomic E-state index is 0.0541. The topological polar surface area (TPSA) is 101 Å². The lowest BCUT2D eigenvalue weighted by Crippen LogP contribution is -2.63. The molecule has 0 amide bonds. The minimum atomic E-state index is -0.855. The Morgan fingerprint density at radius 1 is 0.781 bits per heavy atom. The molecule has 5 nitrogen and oxygen atoms in total. The summed E-state index contributed by atoms with van der Waals surface area (Å²) in [6.07, 6.45) is 3.99. The number of hydrogen-bond acceptors (Lipinski definition) is 5. The summed E-state index contributed by atoms with van der Waals surface area (Å²) < 4.78 is 0. The normalized spacial score (nSPS) is 52.8. The minimum Gasteiger partial charge on any atom is -0.393 e. The van der Waals surface area contributed by atoms with Gasteiger partial charge in [-0.25, -0.2) is 0 Å². The van der Waals surface area contributed by atoms with E-state index in [2.05, 4.69) is 34.6 Å². The van der Waals surface area contributed by atoms with Gasteiger partial charge in [-0.15, -0.1) is 0 Å². The van der Waals surface area contributed by atoms with E-state index in [-0.39, 0.29) is 46.7 Å². The van der Waals surface area contributed by atoms with Crippen LogP contribution in [0.25, 0.3) is 0 Å². The van der Waals surface area contributed by atoms with Crippen molar-refractivity contribution >= 4 is 0 Å². The highest BCUT2D eigenvalue weighted by Crippen LogP contribution is 2.68. The molecule has 5 N–H and O–H groups in total. The van der Waals surface area contributed by atoms with Crippen LogP contribution in [0.5, 0.6) is 0 Å². The van der Waals surface area contributed by atoms with E-state index in [0.29, 0.717) is 30.6 Å². The van der Waals surface area contributed by atoms with E-state index in [9.17, 15) is 25.5 Å². The monoisotopic (exact) mass is 452 g/mol. The molecule has 0 aromatic heterocycles. The van der Waals surface area contributed by atoms with Crippen molar-refractivity contribution in [3.8, 4) is 0 Å². The van der Waals surface area contributed by atoms with Crippen LogP contribution in [0.2, 0.25) is 0 Å². The zero-order chi connectivity index (χ0) is 23.6. The zero-order valence-electron chi connectivity index (χ0n) is 20.8. The van der Waals surface area contributed by atoms with Crippen LogP contribution in [0.3, 0.4) is 0 Å². The largest absolute Gasteiger partial charge is 0.393 e. The number of fused-ring (bicyclic) bond motifs is 5. The Balaban J connectivity index is 1.56. The van der Waals surface area contributed by atoms with Gasteiger partial charge in [0, 0.05) is 5.92 Å². The second-order valence-corrected chi connectivity index (χ2v) is 13.0. The molecule has 0 bridgehead atoms. The third-order valence-corrected chi connectivity index (χ3v) is 11.1. The maximum atomic E-state index is 11.4. The van der Waals surface area contributed by atoms with Gasteiger partial charge in [0.05, 0.1) is 30.5 Å². The van der Waals surface area contributed by atoms with Crippen molar-refractivity contribution in [3.05, 3.63) is 0 Å². The first-order chi connectivity index (χ1) is 14.9. The molecule has 0 aliphatic heterocycles. The van der Waals surface area contributed by atoms with Crippen LogP contribution in [0, 0.1) is 52.3 Å². The summed E-state index contributed by atoms with van der Waals surface area (Å²) in [5.41, 5.74) is -0.133. The van der Waals surface area contributed by atoms with Crippen molar-refractivity contribution in [2.45, 2.75) is 117 Å². The summed E-state index contributed by atoms with van der Waals surface area (Å²) >= 11 is 0. The summed E-state index contributed by atoms with van der Waals surface area (Å²) in [4.78, 5) is 0. The molecule has 0 heterocycles. The Morgan fingerprint density at radius 2 is 1.41 bits per heavy atom. The van der Waals surface area contributed by atoms with Crippen molar-refractivity contribution < 1.29 is 25.5 Å². The van der Waals surface area contributed by atoms with Gasteiger partial charge in [-0.1, -0.05) is 34.6 Å². The van der Waals surface area contributed by atoms with Crippen LogP contribution in [-0.4, -0.2) is 56.1 Å². The van der Waals surface area contributed by atoms with E-state index >= 15 is 0 Å². The summed E-state index contributed by atoms with van der Waals surface area (Å²) in [6.45, 7) is 11.0. The number of rotatable bonds is 5. The molecule has 0 saturated heterocycles. The predicted octanol–water partition coefficient (Wildman–Crippen LogP) is 3.35. The van der Waals surface area contributed by atoms with Crippen LogP contribution >= 0.6 is 0 Å². The molecule has 0 aromatic rings. The maximum absolute atomic E-state index is 11.4. The molecule has 4 rings (SSSR count). The number of aliphatic hydroxyl groups excluding tert-OH is 5. The van der Waals surface area contributed by atoms with Gasteiger partial charge in [0.15, 0.2) is 0 Å². The Kier molecular flexibility index (Phi) is 6.84. The van der Waals surface area contributed by atoms with Gasteiger partial charge in [0.25, 0.3) is 0 Å². The van der Waals surface area contributed by atoms with Crippen LogP contribution in [0.1, 0.15) is 86.0 Å². The van der Waals surface area contributed by atoms with Crippen LogP contribution < -0.4 is 0 Å². The maximum Gasteiger partial charge on any atom is 0.0857 e. The van der Waals surface area contributed by atoms with Crippen LogP contribution in [0.15, 0.2) is 0 Å². The molecule has 4 saturated carbocycles. The van der Waals surface area contributed by atoms with Crippen molar-refractivity contribution in [1.82, 2.24) is 0 Å². The molecule has 0 aromatic carbocycles. The highest BCUT2D eigenvalue weighted by molar-refractivity contribution is 5.14. The van der Waals surface area contributed by atoms with Gasteiger partial charge in [-0.3, -0.25) is 0 Å².